The summed E-state index contributed by atoms with van der Waals surface area (Å²) < 4.78 is 31.7. The highest BCUT2D eigenvalue weighted by molar-refractivity contribution is 5.77. The van der Waals surface area contributed by atoms with Crippen LogP contribution in [0, 0.1) is 10.1 Å². The highest BCUT2D eigenvalue weighted by Gasteiger charge is 2.53. The van der Waals surface area contributed by atoms with Gasteiger partial charge < -0.3 is 28.4 Å². The zero-order chi connectivity index (χ0) is 26.3. The number of carbonyl (C=O) groups is 5. The summed E-state index contributed by atoms with van der Waals surface area (Å²) in [6, 6.07) is 3.30. The lowest BCUT2D eigenvalue weighted by Gasteiger charge is -2.43. The fourth-order valence-electron chi connectivity index (χ4n) is 3.34. The molecule has 1 aliphatic rings. The van der Waals surface area contributed by atoms with Gasteiger partial charge in [0.1, 0.15) is 12.4 Å². The summed E-state index contributed by atoms with van der Waals surface area (Å²) in [5.74, 6) is -3.73. The van der Waals surface area contributed by atoms with Crippen molar-refractivity contribution in [1.29, 1.82) is 0 Å². The number of carbonyl (C=O) groups excluding carboxylic acids is 5. The van der Waals surface area contributed by atoms with Gasteiger partial charge in [-0.1, -0.05) is 0 Å². The van der Waals surface area contributed by atoms with Gasteiger partial charge in [0, 0.05) is 32.4 Å². The van der Waals surface area contributed by atoms with Crippen molar-refractivity contribution in [3.8, 4) is 5.75 Å². The molecule has 1 aliphatic heterocycles. The van der Waals surface area contributed by atoms with E-state index in [1.165, 1.54) is 6.07 Å². The monoisotopic (exact) mass is 497 g/mol. The third kappa shape index (κ3) is 7.20. The SMILES string of the molecule is COC(=O)C[C@H]1O[C@@H](Oc2ccc(C=O)cc2[N+](=O)[O-])[C@H](OC(C)=O)[C@@H](OC(C)=O)[C@H]1OC(C)=O. The molecule has 0 bridgehead atoms. The smallest absolute Gasteiger partial charge is 0.311 e. The van der Waals surface area contributed by atoms with Crippen molar-refractivity contribution in [2.75, 3.05) is 7.11 Å². The van der Waals surface area contributed by atoms with Crippen molar-refractivity contribution in [3.63, 3.8) is 0 Å². The second kappa shape index (κ2) is 11.9. The number of methoxy groups -OCH3 is 1. The molecule has 0 aliphatic carbocycles. The largest absolute Gasteiger partial charge is 0.469 e. The summed E-state index contributed by atoms with van der Waals surface area (Å²) in [7, 11) is 1.10. The molecule has 0 unspecified atom stereocenters. The zero-order valence-corrected chi connectivity index (χ0v) is 19.2. The average Bonchev–Trinajstić information content (AvgIpc) is 2.77. The van der Waals surface area contributed by atoms with Gasteiger partial charge in [-0.25, -0.2) is 0 Å². The fraction of sp³-hybridized carbons (Fsp3) is 0.476. The summed E-state index contributed by atoms with van der Waals surface area (Å²) in [6.45, 7) is 3.13. The van der Waals surface area contributed by atoms with Crippen LogP contribution in [0.4, 0.5) is 5.69 Å². The lowest BCUT2D eigenvalue weighted by atomic mass is 9.95. The van der Waals surface area contributed by atoms with Crippen LogP contribution in [-0.4, -0.2) is 72.9 Å². The molecule has 35 heavy (non-hydrogen) atoms. The van der Waals surface area contributed by atoms with Crippen LogP contribution in [0.15, 0.2) is 18.2 Å². The van der Waals surface area contributed by atoms with E-state index in [4.69, 9.17) is 23.7 Å². The first kappa shape index (κ1) is 27.2. The molecule has 0 aromatic heterocycles. The number of esters is 4. The van der Waals surface area contributed by atoms with Gasteiger partial charge in [0.15, 0.2) is 18.0 Å². The molecule has 0 spiro atoms. The molecule has 2 rings (SSSR count). The maximum Gasteiger partial charge on any atom is 0.311 e. The number of nitrogens with zero attached hydrogens (tertiary/aromatic N) is 1. The first-order chi connectivity index (χ1) is 16.5. The van der Waals surface area contributed by atoms with Crippen molar-refractivity contribution >= 4 is 35.9 Å². The van der Waals surface area contributed by atoms with Crippen molar-refractivity contribution in [3.05, 3.63) is 33.9 Å². The van der Waals surface area contributed by atoms with Gasteiger partial charge in [0.05, 0.1) is 18.5 Å². The third-order valence-electron chi connectivity index (χ3n) is 4.65. The van der Waals surface area contributed by atoms with Crippen LogP contribution in [0.25, 0.3) is 0 Å². The molecule has 14 nitrogen and oxygen atoms in total. The Labute approximate surface area is 198 Å². The molecule has 1 heterocycles. The van der Waals surface area contributed by atoms with E-state index < -0.39 is 71.6 Å². The number of ether oxygens (including phenoxy) is 6. The second-order valence-electron chi connectivity index (χ2n) is 7.27. The van der Waals surface area contributed by atoms with Crippen molar-refractivity contribution < 1.29 is 57.3 Å². The summed E-state index contributed by atoms with van der Waals surface area (Å²) in [6.07, 6.45) is -7.67. The van der Waals surface area contributed by atoms with E-state index in [-0.39, 0.29) is 11.3 Å². The van der Waals surface area contributed by atoms with E-state index in [1.54, 1.807) is 0 Å². The van der Waals surface area contributed by atoms with Crippen LogP contribution in [0.3, 0.4) is 0 Å². The average molecular weight is 497 g/mol. The van der Waals surface area contributed by atoms with E-state index >= 15 is 0 Å². The number of nitro groups is 1. The maximum atomic E-state index is 12.0. The lowest BCUT2D eigenvalue weighted by Crippen LogP contribution is -2.63. The predicted molar refractivity (Wildman–Crippen MR) is 111 cm³/mol. The molecule has 190 valence electrons. The Morgan fingerprint density at radius 3 is 2.09 bits per heavy atom. The molecule has 5 atom stereocenters. The summed E-state index contributed by atoms with van der Waals surface area (Å²) in [5.41, 5.74) is -0.628. The standard InChI is InChI=1S/C21H23NO13/c1-10(24)31-18-16(8-17(27)30-4)35-21(20(33-12(3)26)19(18)32-11(2)25)34-15-6-5-13(9-23)7-14(15)22(28)29/h5-7,9,16,18-21H,8H2,1-4H3/t16-,18+,19+,20-,21-/m1/s1. The Bertz CT molecular complexity index is 1010. The summed E-state index contributed by atoms with van der Waals surface area (Å²) >= 11 is 0. The molecular weight excluding hydrogens is 474 g/mol. The number of nitro benzene ring substituents is 1. The minimum absolute atomic E-state index is 0.0126. The predicted octanol–water partition coefficient (Wildman–Crippen LogP) is 0.869. The normalized spacial score (nSPS) is 23.4. The Balaban J connectivity index is 2.58. The number of hydrogen-bond donors (Lipinski definition) is 0. The Morgan fingerprint density at radius 1 is 1.00 bits per heavy atom. The molecule has 1 fully saturated rings. The minimum Gasteiger partial charge on any atom is -0.469 e. The van der Waals surface area contributed by atoms with Crippen molar-refractivity contribution in [2.45, 2.75) is 57.9 Å². The number of hydrogen-bond acceptors (Lipinski definition) is 13. The zero-order valence-electron chi connectivity index (χ0n) is 19.2. The highest BCUT2D eigenvalue weighted by Crippen LogP contribution is 2.35. The van der Waals surface area contributed by atoms with Crippen molar-refractivity contribution in [1.82, 2.24) is 0 Å². The maximum absolute atomic E-state index is 12.0. The third-order valence-corrected chi connectivity index (χ3v) is 4.65. The molecule has 1 aromatic carbocycles. The van der Waals surface area contributed by atoms with Crippen LogP contribution >= 0.6 is 0 Å². The van der Waals surface area contributed by atoms with Gasteiger partial charge in [-0.05, 0) is 12.1 Å². The van der Waals surface area contributed by atoms with E-state index in [2.05, 4.69) is 4.74 Å². The van der Waals surface area contributed by atoms with E-state index in [0.29, 0.717) is 6.29 Å². The Morgan fingerprint density at radius 2 is 1.57 bits per heavy atom. The number of aldehydes is 1. The van der Waals surface area contributed by atoms with E-state index in [1.807, 2.05) is 0 Å². The quantitative estimate of drug-likeness (QED) is 0.154. The molecule has 1 aromatic rings. The number of rotatable bonds is 9. The van der Waals surface area contributed by atoms with Gasteiger partial charge >= 0.3 is 29.6 Å². The summed E-state index contributed by atoms with van der Waals surface area (Å²) in [4.78, 5) is 69.1. The van der Waals surface area contributed by atoms with Crippen molar-refractivity contribution in [2.24, 2.45) is 0 Å². The topological polar surface area (TPSA) is 184 Å². The lowest BCUT2D eigenvalue weighted by molar-refractivity contribution is -0.387. The fourth-order valence-corrected chi connectivity index (χ4v) is 3.34. The molecule has 0 radical (unpaired) electrons. The molecule has 0 saturated carbocycles. The molecule has 1 saturated heterocycles. The van der Waals surface area contributed by atoms with Crippen LogP contribution in [0.5, 0.6) is 5.75 Å². The van der Waals surface area contributed by atoms with Gasteiger partial charge in [0.2, 0.25) is 12.4 Å². The van der Waals surface area contributed by atoms with Gasteiger partial charge in [-0.3, -0.25) is 34.1 Å². The minimum atomic E-state index is -1.68. The van der Waals surface area contributed by atoms with Gasteiger partial charge in [-0.15, -0.1) is 0 Å². The molecular formula is C21H23NO13. The molecule has 0 amide bonds. The highest BCUT2D eigenvalue weighted by atomic mass is 16.7. The molecule has 14 heteroatoms. The first-order valence-electron chi connectivity index (χ1n) is 10.1. The first-order valence-corrected chi connectivity index (χ1v) is 10.1. The number of benzene rings is 1. The Kier molecular flexibility index (Phi) is 9.22. The van der Waals surface area contributed by atoms with Crippen LogP contribution < -0.4 is 4.74 Å². The van der Waals surface area contributed by atoms with Crippen LogP contribution in [0.2, 0.25) is 0 Å². The van der Waals surface area contributed by atoms with E-state index in [9.17, 15) is 34.1 Å². The van der Waals surface area contributed by atoms with Gasteiger partial charge in [0.25, 0.3) is 0 Å². The van der Waals surface area contributed by atoms with Crippen LogP contribution in [-0.2, 0) is 42.9 Å². The van der Waals surface area contributed by atoms with Gasteiger partial charge in [-0.2, -0.15) is 0 Å². The Hall–Kier alpha value is -4.07. The van der Waals surface area contributed by atoms with E-state index in [0.717, 1.165) is 40.0 Å². The van der Waals surface area contributed by atoms with Crippen LogP contribution in [0.1, 0.15) is 37.6 Å². The molecule has 0 N–H and O–H groups in total. The summed E-state index contributed by atoms with van der Waals surface area (Å²) in [5, 5.41) is 11.5. The second-order valence-corrected chi connectivity index (χ2v) is 7.27.